The highest BCUT2D eigenvalue weighted by molar-refractivity contribution is 5.87. The minimum atomic E-state index is -2.00. The number of ether oxygens (including phenoxy) is 12. The quantitative estimate of drug-likeness (QED) is 0.0167. The van der Waals surface area contributed by atoms with E-state index in [1.54, 1.807) is 19.9 Å². The summed E-state index contributed by atoms with van der Waals surface area (Å²) in [5.74, 6) is -3.52. The maximum absolute atomic E-state index is 14.3. The van der Waals surface area contributed by atoms with Crippen LogP contribution in [0.15, 0.2) is 54.8 Å². The van der Waals surface area contributed by atoms with Crippen LogP contribution in [0.3, 0.4) is 0 Å². The van der Waals surface area contributed by atoms with Crippen molar-refractivity contribution >= 4 is 30.8 Å². The Hall–Kier alpha value is -4.48. The number of allylic oxidation sites excluding steroid dienone is 3. The molecule has 6 aliphatic carbocycles. The largest absolute Gasteiger partial charge is 0.467 e. The fraction of sp³-hybridized carbons (Fsp3) is 0.784. The van der Waals surface area contributed by atoms with Crippen molar-refractivity contribution in [2.75, 3.05) is 19.8 Å². The Morgan fingerprint density at radius 3 is 1.98 bits per heavy atom. The van der Waals surface area contributed by atoms with Crippen LogP contribution in [0.25, 0.3) is 6.08 Å². The molecule has 0 spiro atoms. The van der Waals surface area contributed by atoms with E-state index >= 15 is 0 Å². The molecule has 0 bridgehead atoms. The number of esters is 2. The van der Waals surface area contributed by atoms with Gasteiger partial charge in [-0.05, 0) is 134 Å². The SMILES string of the molecule is C=C(OC1OC(C)C(OC(=O)/C=C/c2ccc(C)cc2)C(OC(C)=O)C1OC1CC(C)C(O)C(O)C1O)[C@@H]1CC(C)(C)C[C@@H]2C1[C@H](O)C[C@]1(C)C2C=C[C@@H]2[C@@]3(C)CC[C@H](OC4OC(COC=O)C(O)C(OC5OCC(O)C(O)C5O)C4OC4OC(CO)C(O)C(O)C4O)[C@@](C)(C=O)[C@@H]3CC[C@]21C. The van der Waals surface area contributed by atoms with E-state index in [2.05, 4.69) is 53.3 Å². The monoisotopic (exact) mass is 1440 g/mol. The summed E-state index contributed by atoms with van der Waals surface area (Å²) in [7, 11) is 0. The number of hydrogen-bond acceptors (Lipinski definition) is 28. The van der Waals surface area contributed by atoms with Gasteiger partial charge in [0.15, 0.2) is 37.2 Å². The summed E-state index contributed by atoms with van der Waals surface area (Å²) in [4.78, 5) is 52.9. The van der Waals surface area contributed by atoms with E-state index < -0.39 is 225 Å². The molecule has 4 heterocycles. The Kier molecular flexibility index (Phi) is 23.6. The van der Waals surface area contributed by atoms with Gasteiger partial charge in [-0.3, -0.25) is 9.59 Å². The van der Waals surface area contributed by atoms with Crippen molar-refractivity contribution in [3.05, 3.63) is 66.0 Å². The first kappa shape index (κ1) is 78.6. The van der Waals surface area contributed by atoms with E-state index in [0.29, 0.717) is 32.1 Å². The number of rotatable bonds is 20. The number of benzene rings is 1. The summed E-state index contributed by atoms with van der Waals surface area (Å²) >= 11 is 0. The molecule has 0 amide bonds. The van der Waals surface area contributed by atoms with Gasteiger partial charge in [0.05, 0.1) is 54.9 Å². The summed E-state index contributed by atoms with van der Waals surface area (Å²) in [6.45, 7) is 22.1. The molecule has 26 unspecified atom stereocenters. The van der Waals surface area contributed by atoms with Gasteiger partial charge in [-0.25, -0.2) is 4.79 Å². The van der Waals surface area contributed by atoms with Gasteiger partial charge in [0, 0.05) is 18.9 Å². The first-order valence-corrected chi connectivity index (χ1v) is 36.0. The molecule has 1 aromatic rings. The number of hydrogen-bond donors (Lipinski definition) is 12. The van der Waals surface area contributed by atoms with Crippen molar-refractivity contribution < 1.29 is 137 Å². The Labute approximate surface area is 594 Å². The topological polar surface area (TPSA) is 422 Å². The lowest BCUT2D eigenvalue weighted by Gasteiger charge is -2.71. The van der Waals surface area contributed by atoms with Crippen molar-refractivity contribution in [2.24, 2.45) is 68.5 Å². The van der Waals surface area contributed by atoms with Crippen LogP contribution in [0, 0.1) is 75.4 Å². The van der Waals surface area contributed by atoms with Crippen LogP contribution in [-0.2, 0) is 76.0 Å². The average Bonchev–Trinajstić information content (AvgIpc) is 0.677. The first-order valence-electron chi connectivity index (χ1n) is 36.0. The van der Waals surface area contributed by atoms with Crippen LogP contribution in [0.5, 0.6) is 0 Å². The number of aldehydes is 1. The molecule has 9 fully saturated rings. The fourth-order valence-corrected chi connectivity index (χ4v) is 20.0. The molecule has 4 aliphatic heterocycles. The molecule has 36 atom stereocenters. The lowest BCUT2D eigenvalue weighted by atomic mass is 9.33. The third kappa shape index (κ3) is 14.6. The molecular weight excluding hydrogens is 1340 g/mol. The lowest BCUT2D eigenvalue weighted by Crippen LogP contribution is -2.69. The zero-order chi connectivity index (χ0) is 74.2. The molecule has 0 aromatic heterocycles. The van der Waals surface area contributed by atoms with Gasteiger partial charge in [-0.15, -0.1) is 0 Å². The van der Waals surface area contributed by atoms with E-state index in [4.69, 9.17) is 56.8 Å². The van der Waals surface area contributed by atoms with Crippen LogP contribution >= 0.6 is 0 Å². The second kappa shape index (κ2) is 30.6. The molecule has 0 radical (unpaired) electrons. The Bertz CT molecular complexity index is 3170. The Balaban J connectivity index is 0.864. The van der Waals surface area contributed by atoms with Crippen molar-refractivity contribution in [3.63, 3.8) is 0 Å². The normalized spacial score (nSPS) is 49.2. The molecule has 4 saturated heterocycles. The predicted octanol–water partition coefficient (Wildman–Crippen LogP) is 1.32. The van der Waals surface area contributed by atoms with Gasteiger partial charge >= 0.3 is 11.9 Å². The third-order valence-electron chi connectivity index (χ3n) is 25.6. The van der Waals surface area contributed by atoms with Gasteiger partial charge in [-0.1, -0.05) is 97.0 Å². The number of aliphatic hydroxyl groups excluding tert-OH is 12. The number of aliphatic hydroxyl groups is 12. The molecule has 11 rings (SSSR count). The second-order valence-corrected chi connectivity index (χ2v) is 32.6. The summed E-state index contributed by atoms with van der Waals surface area (Å²) in [5, 5.41) is 134. The number of fused-ring (bicyclic) bond motifs is 7. The zero-order valence-electron chi connectivity index (χ0n) is 59.6. The molecule has 572 valence electrons. The molecule has 28 nitrogen and oxygen atoms in total. The summed E-state index contributed by atoms with van der Waals surface area (Å²) in [6, 6.07) is 7.47. The van der Waals surface area contributed by atoms with Crippen molar-refractivity contribution in [3.8, 4) is 0 Å². The highest BCUT2D eigenvalue weighted by Gasteiger charge is 2.71. The molecule has 28 heteroatoms. The van der Waals surface area contributed by atoms with Crippen LogP contribution in [0.2, 0.25) is 0 Å². The smallest absolute Gasteiger partial charge is 0.331 e. The molecule has 12 N–H and O–H groups in total. The van der Waals surface area contributed by atoms with E-state index in [-0.39, 0.29) is 54.2 Å². The number of carbonyl (C=O) groups excluding carboxylic acids is 4. The minimum Gasteiger partial charge on any atom is -0.467 e. The minimum absolute atomic E-state index is 0.0600. The van der Waals surface area contributed by atoms with E-state index in [0.717, 1.165) is 23.8 Å². The molecule has 5 saturated carbocycles. The van der Waals surface area contributed by atoms with Crippen molar-refractivity contribution in [1.82, 2.24) is 0 Å². The zero-order valence-corrected chi connectivity index (χ0v) is 59.6. The summed E-state index contributed by atoms with van der Waals surface area (Å²) in [5.41, 5.74) is -1.57. The van der Waals surface area contributed by atoms with Crippen molar-refractivity contribution in [1.29, 1.82) is 0 Å². The standard InChI is InChI=1S/C74H108O28/c1-33-12-14-38(15-13-33)16-19-50(81)100-61-36(4)94-68(65(63(61)95-37(5)78)96-44-24-34(2)52(82)57(87)54(44)84)93-35(3)39-25-70(6,7)26-40-41-17-18-48-71(8)22-21-49(72(9,31-76)47(71)20-23-73(48,10)74(41,11)27-42(79)51(39)40)99-69-64(102-67-60(90)58(88)55(85)45(28-75)97-67)62(56(86)46(98-69)30-91-32-77)101-66-59(89)53(83)43(80)29-92-66/h12-19,31-32,34,36,39-49,51-69,75,79-80,82-90H,3,20-30H2,1-2,4-11H3/b19-16+/t34?,36?,39-,40-,41?,42+,43?,44?,45?,46?,47+,48+,49-,51?,52?,53?,54?,55?,56?,57?,58?,59?,60?,61?,62?,63?,64?,65?,66?,67?,68?,69?,71-,72-,73+,74+/m0/s1. The lowest BCUT2D eigenvalue weighted by molar-refractivity contribution is -0.395. The van der Waals surface area contributed by atoms with E-state index in [1.165, 1.54) is 13.0 Å². The van der Waals surface area contributed by atoms with Gasteiger partial charge < -0.3 is 123 Å². The molecule has 102 heavy (non-hydrogen) atoms. The second-order valence-electron chi connectivity index (χ2n) is 32.6. The average molecular weight is 1450 g/mol. The first-order chi connectivity index (χ1) is 48.0. The van der Waals surface area contributed by atoms with Gasteiger partial charge in [0.25, 0.3) is 6.47 Å². The molecular formula is C74H108O28. The van der Waals surface area contributed by atoms with Gasteiger partial charge in [0.1, 0.15) is 92.2 Å². The predicted molar refractivity (Wildman–Crippen MR) is 354 cm³/mol. The van der Waals surface area contributed by atoms with Crippen LogP contribution in [0.1, 0.15) is 125 Å². The Morgan fingerprint density at radius 2 is 1.30 bits per heavy atom. The van der Waals surface area contributed by atoms with Crippen LogP contribution in [0.4, 0.5) is 0 Å². The van der Waals surface area contributed by atoms with Gasteiger partial charge in [0.2, 0.25) is 6.29 Å². The summed E-state index contributed by atoms with van der Waals surface area (Å²) < 4.78 is 74.7. The maximum Gasteiger partial charge on any atom is 0.331 e. The van der Waals surface area contributed by atoms with Gasteiger partial charge in [-0.2, -0.15) is 0 Å². The highest BCUT2D eigenvalue weighted by Crippen LogP contribution is 2.75. The fourth-order valence-electron chi connectivity index (χ4n) is 20.0. The number of carbonyl (C=O) groups is 4. The van der Waals surface area contributed by atoms with Crippen LogP contribution in [-0.4, -0.2) is 259 Å². The maximum atomic E-state index is 14.3. The third-order valence-corrected chi connectivity index (χ3v) is 25.6. The van der Waals surface area contributed by atoms with Crippen LogP contribution < -0.4 is 0 Å². The highest BCUT2D eigenvalue weighted by atomic mass is 16.8. The summed E-state index contributed by atoms with van der Waals surface area (Å²) in [6.07, 6.45) is -26.9. The van der Waals surface area contributed by atoms with E-state index in [9.17, 15) is 80.5 Å². The molecule has 1 aromatic carbocycles. The molecule has 10 aliphatic rings. The van der Waals surface area contributed by atoms with Crippen molar-refractivity contribution in [2.45, 2.75) is 274 Å². The Morgan fingerprint density at radius 1 is 0.637 bits per heavy atom. The van der Waals surface area contributed by atoms with E-state index in [1.807, 2.05) is 38.1 Å². The number of aryl methyl sites for hydroxylation is 1.